The van der Waals surface area contributed by atoms with Crippen LogP contribution < -0.4 is 14.9 Å². The monoisotopic (exact) mass is 445 g/mol. The molecule has 8 heteroatoms. The zero-order valence-electron chi connectivity index (χ0n) is 17.6. The van der Waals surface area contributed by atoms with Crippen molar-refractivity contribution >= 4 is 22.9 Å². The molecule has 0 radical (unpaired) electrons. The number of esters is 2. The summed E-state index contributed by atoms with van der Waals surface area (Å²) < 4.78 is 21.6. The molecular weight excluding hydrogens is 426 g/mol. The lowest BCUT2D eigenvalue weighted by Crippen LogP contribution is -2.09. The number of carbonyl (C=O) groups excluding carboxylic acids is 2. The maximum atomic E-state index is 12.8. The van der Waals surface area contributed by atoms with Gasteiger partial charge in [0, 0.05) is 18.5 Å². The Hall–Kier alpha value is -4.46. The van der Waals surface area contributed by atoms with Gasteiger partial charge >= 0.3 is 11.9 Å². The molecule has 4 rings (SSSR count). The van der Waals surface area contributed by atoms with Crippen molar-refractivity contribution in [3.63, 3.8) is 0 Å². The average molecular weight is 445 g/mol. The highest BCUT2D eigenvalue weighted by Crippen LogP contribution is 2.25. The van der Waals surface area contributed by atoms with Gasteiger partial charge in [0.25, 0.3) is 0 Å². The zero-order chi connectivity index (χ0) is 23.2. The Morgan fingerprint density at radius 3 is 2.33 bits per heavy atom. The van der Waals surface area contributed by atoms with Gasteiger partial charge < -0.3 is 18.6 Å². The molecule has 0 saturated carbocycles. The van der Waals surface area contributed by atoms with Crippen molar-refractivity contribution in [3.8, 4) is 17.2 Å². The number of nitrogens with zero attached hydrogens (tertiary/aromatic N) is 1. The highest BCUT2D eigenvalue weighted by atomic mass is 16.5. The minimum absolute atomic E-state index is 0.0228. The molecule has 0 bridgehead atoms. The van der Waals surface area contributed by atoms with Crippen molar-refractivity contribution in [3.05, 3.63) is 94.6 Å². The fourth-order valence-electron chi connectivity index (χ4n) is 2.94. The fourth-order valence-corrected chi connectivity index (χ4v) is 2.94. The number of pyridine rings is 1. The first-order valence-electron chi connectivity index (χ1n) is 10.2. The van der Waals surface area contributed by atoms with Crippen LogP contribution in [0.3, 0.4) is 0 Å². The lowest BCUT2D eigenvalue weighted by Gasteiger charge is -2.08. The third-order valence-electron chi connectivity index (χ3n) is 4.60. The molecule has 0 atom stereocenters. The molecule has 0 unspecified atom stereocenters. The Balaban J connectivity index is 1.50. The summed E-state index contributed by atoms with van der Waals surface area (Å²) in [5.74, 6) is -0.413. The largest absolute Gasteiger partial charge is 0.462 e. The van der Waals surface area contributed by atoms with Crippen LogP contribution in [0.15, 0.2) is 82.5 Å². The molecule has 2 aromatic heterocycles. The van der Waals surface area contributed by atoms with E-state index in [1.165, 1.54) is 49.0 Å². The summed E-state index contributed by atoms with van der Waals surface area (Å²) in [4.78, 5) is 40.8. The number of hydrogen-bond donors (Lipinski definition) is 0. The number of benzene rings is 2. The Labute approximate surface area is 188 Å². The van der Waals surface area contributed by atoms with Gasteiger partial charge in [-0.3, -0.25) is 9.78 Å². The molecule has 8 nitrogen and oxygen atoms in total. The van der Waals surface area contributed by atoms with Gasteiger partial charge in [-0.05, 0) is 55.0 Å². The second-order valence-electron chi connectivity index (χ2n) is 6.97. The van der Waals surface area contributed by atoms with Crippen molar-refractivity contribution in [1.82, 2.24) is 4.98 Å². The second kappa shape index (κ2) is 9.78. The number of hydrogen-bond acceptors (Lipinski definition) is 8. The van der Waals surface area contributed by atoms with E-state index in [9.17, 15) is 14.4 Å². The first-order chi connectivity index (χ1) is 16.0. The van der Waals surface area contributed by atoms with Crippen LogP contribution >= 0.6 is 0 Å². The van der Waals surface area contributed by atoms with Crippen LogP contribution in [0.25, 0.3) is 11.0 Å². The van der Waals surface area contributed by atoms with Crippen LogP contribution in [0, 0.1) is 0 Å². The molecule has 0 aliphatic rings. The molecule has 4 aromatic rings. The molecule has 2 heterocycles. The highest BCUT2D eigenvalue weighted by Gasteiger charge is 2.13. The minimum Gasteiger partial charge on any atom is -0.462 e. The molecule has 0 aliphatic carbocycles. The number of aromatic nitrogens is 1. The lowest BCUT2D eigenvalue weighted by molar-refractivity contribution is 0.0504. The Morgan fingerprint density at radius 2 is 1.61 bits per heavy atom. The standard InChI is InChI=1S/C25H19NO7/c1-2-13-30-24(28)16-3-5-18(6-4-16)32-22-15-31-21-14-19(7-8-20(21)23(22)27)33-25(29)17-9-11-26-12-10-17/h3-12,14-15H,2,13H2,1H3. The van der Waals surface area contributed by atoms with E-state index in [2.05, 4.69) is 4.98 Å². The van der Waals surface area contributed by atoms with E-state index < -0.39 is 17.4 Å². The summed E-state index contributed by atoms with van der Waals surface area (Å²) in [5.41, 5.74) is 0.575. The van der Waals surface area contributed by atoms with E-state index >= 15 is 0 Å². The molecule has 2 aromatic carbocycles. The first-order valence-corrected chi connectivity index (χ1v) is 10.2. The summed E-state index contributed by atoms with van der Waals surface area (Å²) in [6.07, 6.45) is 4.90. The summed E-state index contributed by atoms with van der Waals surface area (Å²) in [6, 6.07) is 13.8. The average Bonchev–Trinajstić information content (AvgIpc) is 2.85. The Kier molecular flexibility index (Phi) is 6.45. The fraction of sp³-hybridized carbons (Fsp3) is 0.120. The van der Waals surface area contributed by atoms with Crippen molar-refractivity contribution in [2.45, 2.75) is 13.3 Å². The quantitative estimate of drug-likeness (QED) is 0.296. The van der Waals surface area contributed by atoms with Crippen LogP contribution in [0.4, 0.5) is 0 Å². The molecule has 0 amide bonds. The molecular formula is C25H19NO7. The molecule has 0 aliphatic heterocycles. The van der Waals surface area contributed by atoms with E-state index in [4.69, 9.17) is 18.6 Å². The summed E-state index contributed by atoms with van der Waals surface area (Å²) in [7, 11) is 0. The number of fused-ring (bicyclic) bond motifs is 1. The lowest BCUT2D eigenvalue weighted by atomic mass is 10.2. The first kappa shape index (κ1) is 21.8. The van der Waals surface area contributed by atoms with Crippen LogP contribution in [0.1, 0.15) is 34.1 Å². The van der Waals surface area contributed by atoms with E-state index in [1.807, 2.05) is 6.92 Å². The van der Waals surface area contributed by atoms with Gasteiger partial charge in [-0.1, -0.05) is 6.92 Å². The van der Waals surface area contributed by atoms with E-state index in [0.29, 0.717) is 23.5 Å². The minimum atomic E-state index is -0.555. The van der Waals surface area contributed by atoms with Gasteiger partial charge in [0.15, 0.2) is 0 Å². The Bertz CT molecular complexity index is 1350. The van der Waals surface area contributed by atoms with Crippen molar-refractivity contribution in [2.75, 3.05) is 6.61 Å². The molecule has 33 heavy (non-hydrogen) atoms. The van der Waals surface area contributed by atoms with E-state index in [-0.39, 0.29) is 22.5 Å². The molecule has 0 N–H and O–H groups in total. The summed E-state index contributed by atoms with van der Waals surface area (Å²) in [5, 5.41) is 0.260. The van der Waals surface area contributed by atoms with Gasteiger partial charge in [-0.15, -0.1) is 0 Å². The maximum Gasteiger partial charge on any atom is 0.343 e. The van der Waals surface area contributed by atoms with Gasteiger partial charge in [0.1, 0.15) is 23.3 Å². The Morgan fingerprint density at radius 1 is 0.909 bits per heavy atom. The van der Waals surface area contributed by atoms with Crippen molar-refractivity contribution < 1.29 is 28.2 Å². The number of ether oxygens (including phenoxy) is 3. The van der Waals surface area contributed by atoms with Crippen LogP contribution in [0.2, 0.25) is 0 Å². The van der Waals surface area contributed by atoms with Gasteiger partial charge in [0.2, 0.25) is 11.2 Å². The van der Waals surface area contributed by atoms with E-state index in [0.717, 1.165) is 6.42 Å². The third-order valence-corrected chi connectivity index (χ3v) is 4.60. The highest BCUT2D eigenvalue weighted by molar-refractivity contribution is 5.91. The maximum absolute atomic E-state index is 12.8. The van der Waals surface area contributed by atoms with E-state index in [1.54, 1.807) is 24.3 Å². The third kappa shape index (κ3) is 5.07. The number of rotatable bonds is 7. The second-order valence-corrected chi connectivity index (χ2v) is 6.97. The molecule has 0 spiro atoms. The van der Waals surface area contributed by atoms with Gasteiger partial charge in [0.05, 0.1) is 23.1 Å². The van der Waals surface area contributed by atoms with Crippen LogP contribution in [-0.4, -0.2) is 23.5 Å². The molecule has 0 fully saturated rings. The predicted molar refractivity (Wildman–Crippen MR) is 119 cm³/mol. The van der Waals surface area contributed by atoms with Gasteiger partial charge in [-0.25, -0.2) is 9.59 Å². The van der Waals surface area contributed by atoms with Crippen LogP contribution in [0.5, 0.6) is 17.2 Å². The SMILES string of the molecule is CCCOC(=O)c1ccc(Oc2coc3cc(OC(=O)c4ccncc4)ccc3c2=O)cc1. The summed E-state index contributed by atoms with van der Waals surface area (Å²) in [6.45, 7) is 2.26. The smallest absolute Gasteiger partial charge is 0.343 e. The number of carbonyl (C=O) groups is 2. The van der Waals surface area contributed by atoms with Crippen LogP contribution in [-0.2, 0) is 4.74 Å². The topological polar surface area (TPSA) is 105 Å². The van der Waals surface area contributed by atoms with Gasteiger partial charge in [-0.2, -0.15) is 0 Å². The molecule has 0 saturated heterocycles. The van der Waals surface area contributed by atoms with Crippen molar-refractivity contribution in [1.29, 1.82) is 0 Å². The van der Waals surface area contributed by atoms with Crippen molar-refractivity contribution in [2.24, 2.45) is 0 Å². The summed E-state index contributed by atoms with van der Waals surface area (Å²) >= 11 is 0. The molecule has 166 valence electrons. The normalized spacial score (nSPS) is 10.6. The zero-order valence-corrected chi connectivity index (χ0v) is 17.6. The predicted octanol–water partition coefficient (Wildman–Crippen LogP) is 4.77.